The van der Waals surface area contributed by atoms with Gasteiger partial charge in [0.1, 0.15) is 0 Å². The second-order valence-electron chi connectivity index (χ2n) is 7.75. The number of thiophene rings is 2. The van der Waals surface area contributed by atoms with Crippen molar-refractivity contribution in [1.82, 2.24) is 9.21 Å². The van der Waals surface area contributed by atoms with Gasteiger partial charge < -0.3 is 5.32 Å². The maximum absolute atomic E-state index is 13.0. The van der Waals surface area contributed by atoms with E-state index in [1.807, 2.05) is 13.0 Å². The van der Waals surface area contributed by atoms with Crippen molar-refractivity contribution < 1.29 is 13.2 Å². The van der Waals surface area contributed by atoms with E-state index < -0.39 is 10.0 Å². The first-order chi connectivity index (χ1) is 14.8. The third kappa shape index (κ3) is 4.47. The predicted octanol–water partition coefficient (Wildman–Crippen LogP) is 3.95. The summed E-state index contributed by atoms with van der Waals surface area (Å²) in [6, 6.07) is 11.2. The van der Waals surface area contributed by atoms with Gasteiger partial charge in [0.2, 0.25) is 15.9 Å². The van der Waals surface area contributed by atoms with E-state index in [1.165, 1.54) is 39.8 Å². The molecule has 31 heavy (non-hydrogen) atoms. The fourth-order valence-electron chi connectivity index (χ4n) is 3.80. The molecule has 0 fully saturated rings. The molecule has 164 valence electrons. The number of benzene rings is 1. The van der Waals surface area contributed by atoms with Gasteiger partial charge in [-0.1, -0.05) is 12.1 Å². The number of aryl methyl sites for hydroxylation is 1. The first-order valence-corrected chi connectivity index (χ1v) is 13.1. The van der Waals surface area contributed by atoms with Gasteiger partial charge in [0.15, 0.2) is 0 Å². The zero-order valence-corrected chi connectivity index (χ0v) is 20.1. The van der Waals surface area contributed by atoms with E-state index >= 15 is 0 Å². The Morgan fingerprint density at radius 2 is 2.00 bits per heavy atom. The van der Waals surface area contributed by atoms with Gasteiger partial charge in [-0.2, -0.15) is 0 Å². The summed E-state index contributed by atoms with van der Waals surface area (Å²) in [6.07, 6.45) is 0.928. The summed E-state index contributed by atoms with van der Waals surface area (Å²) in [5, 5.41) is 7.12. The Bertz CT molecular complexity index is 1180. The summed E-state index contributed by atoms with van der Waals surface area (Å²) >= 11 is 3.48. The Balaban J connectivity index is 1.55. The highest BCUT2D eigenvalue weighted by Crippen LogP contribution is 2.39. The maximum Gasteiger partial charge on any atom is 0.242 e. The molecule has 6 nitrogen and oxygen atoms in total. The molecule has 9 heteroatoms. The highest BCUT2D eigenvalue weighted by atomic mass is 32.2. The quantitative estimate of drug-likeness (QED) is 0.586. The topological polar surface area (TPSA) is 69.7 Å². The molecule has 0 saturated carbocycles. The molecule has 2 aromatic heterocycles. The third-order valence-corrected chi connectivity index (χ3v) is 9.22. The molecule has 1 amide bonds. The molecule has 0 unspecified atom stereocenters. The van der Waals surface area contributed by atoms with Gasteiger partial charge in [0.05, 0.1) is 17.5 Å². The number of carbonyl (C=O) groups is 1. The maximum atomic E-state index is 13.0. The van der Waals surface area contributed by atoms with Crippen molar-refractivity contribution in [2.45, 2.75) is 24.3 Å². The monoisotopic (exact) mass is 475 g/mol. The number of nitrogens with zero attached hydrogens (tertiary/aromatic N) is 2. The van der Waals surface area contributed by atoms with E-state index in [0.29, 0.717) is 5.69 Å². The van der Waals surface area contributed by atoms with Crippen molar-refractivity contribution in [1.29, 1.82) is 0 Å². The second kappa shape index (κ2) is 8.84. The van der Waals surface area contributed by atoms with Crippen LogP contribution in [0.4, 0.5) is 5.69 Å². The summed E-state index contributed by atoms with van der Waals surface area (Å²) in [4.78, 5) is 18.0. The number of sulfonamides is 1. The lowest BCUT2D eigenvalue weighted by atomic mass is 9.98. The number of hydrogen-bond acceptors (Lipinski definition) is 6. The smallest absolute Gasteiger partial charge is 0.242 e. The molecule has 0 saturated heterocycles. The van der Waals surface area contributed by atoms with Crippen LogP contribution in [0.25, 0.3) is 0 Å². The minimum atomic E-state index is -3.57. The molecular formula is C22H25N3O3S3. The summed E-state index contributed by atoms with van der Waals surface area (Å²) in [5.41, 5.74) is 2.62. The largest absolute Gasteiger partial charge is 0.325 e. The van der Waals surface area contributed by atoms with Crippen LogP contribution < -0.4 is 5.32 Å². The van der Waals surface area contributed by atoms with Crippen LogP contribution in [0.1, 0.15) is 26.9 Å². The average Bonchev–Trinajstić information content (AvgIpc) is 3.41. The Labute approximate surface area is 191 Å². The lowest BCUT2D eigenvalue weighted by Gasteiger charge is -2.34. The number of fused-ring (bicyclic) bond motifs is 1. The highest BCUT2D eigenvalue weighted by molar-refractivity contribution is 7.89. The Kier molecular flexibility index (Phi) is 6.32. The molecule has 1 aliphatic heterocycles. The van der Waals surface area contributed by atoms with Crippen LogP contribution in [0.3, 0.4) is 0 Å². The standard InChI is InChI=1S/C22H25N3O3S3/c1-15-6-7-16(31(27,28)24(2)3)13-18(15)23-21(26)14-25-10-8-19-17(9-12-30-19)22(25)20-5-4-11-29-20/h4-7,9,11-13,22H,8,10,14H2,1-3H3,(H,23,26)/t22-/m0/s1. The molecule has 3 heterocycles. The SMILES string of the molecule is Cc1ccc(S(=O)(=O)N(C)C)cc1NC(=O)CN1CCc2sccc2[C@H]1c1cccs1. The first-order valence-electron chi connectivity index (χ1n) is 9.94. The van der Waals surface area contributed by atoms with E-state index in [9.17, 15) is 13.2 Å². The Hall–Kier alpha value is -2.04. The van der Waals surface area contributed by atoms with Crippen molar-refractivity contribution in [2.75, 3.05) is 32.5 Å². The van der Waals surface area contributed by atoms with Gasteiger partial charge in [0, 0.05) is 36.1 Å². The predicted molar refractivity (Wildman–Crippen MR) is 126 cm³/mol. The van der Waals surface area contributed by atoms with Crippen molar-refractivity contribution in [3.05, 3.63) is 68.0 Å². The van der Waals surface area contributed by atoms with Crippen LogP contribution in [0, 0.1) is 6.92 Å². The number of nitrogens with one attached hydrogen (secondary N) is 1. The van der Waals surface area contributed by atoms with Crippen LogP contribution in [-0.4, -0.2) is 50.7 Å². The lowest BCUT2D eigenvalue weighted by molar-refractivity contribution is -0.117. The lowest BCUT2D eigenvalue weighted by Crippen LogP contribution is -2.40. The van der Waals surface area contributed by atoms with Crippen LogP contribution in [0.2, 0.25) is 0 Å². The first kappa shape index (κ1) is 22.2. The second-order valence-corrected chi connectivity index (χ2v) is 11.9. The molecule has 0 bridgehead atoms. The Morgan fingerprint density at radius 1 is 1.19 bits per heavy atom. The van der Waals surface area contributed by atoms with Gasteiger partial charge in [-0.3, -0.25) is 9.69 Å². The van der Waals surface area contributed by atoms with Crippen molar-refractivity contribution in [3.8, 4) is 0 Å². The zero-order chi connectivity index (χ0) is 22.2. The van der Waals surface area contributed by atoms with Gasteiger partial charge >= 0.3 is 0 Å². The molecule has 1 N–H and O–H groups in total. The Morgan fingerprint density at radius 3 is 2.71 bits per heavy atom. The average molecular weight is 476 g/mol. The summed E-state index contributed by atoms with van der Waals surface area (Å²) in [6.45, 7) is 2.90. The van der Waals surface area contributed by atoms with Crippen LogP contribution >= 0.6 is 22.7 Å². The van der Waals surface area contributed by atoms with E-state index in [1.54, 1.807) is 34.8 Å². The van der Waals surface area contributed by atoms with E-state index in [-0.39, 0.29) is 23.4 Å². The summed E-state index contributed by atoms with van der Waals surface area (Å²) < 4.78 is 26.1. The molecule has 1 aromatic carbocycles. The van der Waals surface area contributed by atoms with Gasteiger partial charge in [-0.15, -0.1) is 22.7 Å². The van der Waals surface area contributed by atoms with Crippen LogP contribution in [-0.2, 0) is 21.2 Å². The molecule has 3 aromatic rings. The number of carbonyl (C=O) groups excluding carboxylic acids is 1. The molecular weight excluding hydrogens is 450 g/mol. The van der Waals surface area contributed by atoms with E-state index in [2.05, 4.69) is 33.1 Å². The normalized spacial score (nSPS) is 17.0. The highest BCUT2D eigenvalue weighted by Gasteiger charge is 2.31. The molecule has 0 aliphatic carbocycles. The molecule has 1 atom stereocenters. The van der Waals surface area contributed by atoms with Crippen LogP contribution in [0.15, 0.2) is 52.1 Å². The minimum Gasteiger partial charge on any atom is -0.325 e. The van der Waals surface area contributed by atoms with E-state index in [4.69, 9.17) is 0 Å². The molecule has 0 radical (unpaired) electrons. The third-order valence-electron chi connectivity index (χ3n) is 5.49. The number of hydrogen-bond donors (Lipinski definition) is 1. The minimum absolute atomic E-state index is 0.0716. The zero-order valence-electron chi connectivity index (χ0n) is 17.7. The summed E-state index contributed by atoms with van der Waals surface area (Å²) in [7, 11) is -0.584. The van der Waals surface area contributed by atoms with Crippen molar-refractivity contribution >= 4 is 44.3 Å². The van der Waals surface area contributed by atoms with Crippen molar-refractivity contribution in [3.63, 3.8) is 0 Å². The number of rotatable bonds is 6. The molecule has 0 spiro atoms. The van der Waals surface area contributed by atoms with Gasteiger partial charge in [-0.25, -0.2) is 12.7 Å². The fraction of sp³-hybridized carbons (Fsp3) is 0.318. The summed E-state index contributed by atoms with van der Waals surface area (Å²) in [5.74, 6) is -0.150. The fourth-order valence-corrected chi connectivity index (χ4v) is 6.51. The number of amides is 1. The van der Waals surface area contributed by atoms with Crippen molar-refractivity contribution in [2.24, 2.45) is 0 Å². The van der Waals surface area contributed by atoms with Gasteiger partial charge in [0.25, 0.3) is 0 Å². The molecule has 1 aliphatic rings. The van der Waals surface area contributed by atoms with Gasteiger partial charge in [-0.05, 0) is 59.5 Å². The van der Waals surface area contributed by atoms with E-state index in [0.717, 1.165) is 18.5 Å². The number of anilines is 1. The van der Waals surface area contributed by atoms with Crippen LogP contribution in [0.5, 0.6) is 0 Å². The molecule has 4 rings (SSSR count).